The highest BCUT2D eigenvalue weighted by Gasteiger charge is 2.27. The van der Waals surface area contributed by atoms with Crippen LogP contribution in [0.3, 0.4) is 0 Å². The van der Waals surface area contributed by atoms with Gasteiger partial charge < -0.3 is 9.80 Å². The zero-order valence-electron chi connectivity index (χ0n) is 17.9. The zero-order valence-corrected chi connectivity index (χ0v) is 17.9. The Morgan fingerprint density at radius 1 is 1.12 bits per heavy atom. The van der Waals surface area contributed by atoms with Gasteiger partial charge in [-0.15, -0.1) is 0 Å². The average Bonchev–Trinajstić information content (AvgIpc) is 2.72. The number of halogens is 2. The fourth-order valence-corrected chi connectivity index (χ4v) is 3.59. The molecule has 0 aliphatic carbocycles. The summed E-state index contributed by atoms with van der Waals surface area (Å²) in [5.74, 6) is -0.678. The van der Waals surface area contributed by atoms with Crippen molar-refractivity contribution in [1.29, 1.82) is 0 Å². The second-order valence-corrected chi connectivity index (χ2v) is 8.20. The number of benzene rings is 1. The lowest BCUT2D eigenvalue weighted by atomic mass is 10.0. The molecule has 9 heteroatoms. The Balaban J connectivity index is 0.00000363. The van der Waals surface area contributed by atoms with Crippen molar-refractivity contribution in [2.75, 3.05) is 25.5 Å². The Bertz CT molecular complexity index is 908. The van der Waals surface area contributed by atoms with Crippen molar-refractivity contribution in [2.24, 2.45) is 5.92 Å². The predicted molar refractivity (Wildman–Crippen MR) is 120 cm³/mol. The van der Waals surface area contributed by atoms with Crippen LogP contribution in [0.15, 0.2) is 30.6 Å². The second-order valence-electron chi connectivity index (χ2n) is 8.20. The van der Waals surface area contributed by atoms with Gasteiger partial charge in [0.1, 0.15) is 11.6 Å². The average molecular weight is 448 g/mol. The minimum atomic E-state index is -0.701. The zero-order chi connectivity index (χ0) is 22.5. The molecule has 32 heavy (non-hydrogen) atoms. The molecule has 3 rings (SSSR count). The van der Waals surface area contributed by atoms with Gasteiger partial charge >= 0.3 is 6.03 Å². The van der Waals surface area contributed by atoms with E-state index in [1.807, 2.05) is 18.7 Å². The molecule has 0 atom stereocenters. The summed E-state index contributed by atoms with van der Waals surface area (Å²) >= 11 is 0. The maximum Gasteiger partial charge on any atom is 0.323 e. The van der Waals surface area contributed by atoms with Gasteiger partial charge in [-0.05, 0) is 30.9 Å². The molecular weight excluding hydrogens is 416 g/mol. The molecule has 1 saturated heterocycles. The highest BCUT2D eigenvalue weighted by molar-refractivity contribution is 5.88. The molecule has 174 valence electrons. The summed E-state index contributed by atoms with van der Waals surface area (Å²) in [7, 11) is 1.71. The lowest BCUT2D eigenvalue weighted by molar-refractivity contribution is -0.133. The van der Waals surface area contributed by atoms with Crippen molar-refractivity contribution in [1.82, 2.24) is 19.8 Å². The highest BCUT2D eigenvalue weighted by atomic mass is 19.1. The van der Waals surface area contributed by atoms with Crippen LogP contribution in [-0.2, 0) is 4.79 Å². The Labute approximate surface area is 187 Å². The number of nitrogens with one attached hydrogen (secondary N) is 1. The topological polar surface area (TPSA) is 78.4 Å². The molecule has 3 amide bonds. The van der Waals surface area contributed by atoms with Crippen molar-refractivity contribution in [3.8, 4) is 11.3 Å². The van der Waals surface area contributed by atoms with E-state index in [0.717, 1.165) is 18.2 Å². The number of nitrogens with zero attached hydrogens (tertiary/aromatic N) is 4. The number of hydrogen-bond donors (Lipinski definition) is 1. The number of likely N-dealkylation sites (tertiary alicyclic amines) is 1. The molecule has 0 bridgehead atoms. The number of aromatic nitrogens is 2. The van der Waals surface area contributed by atoms with Crippen LogP contribution in [0.5, 0.6) is 0 Å². The van der Waals surface area contributed by atoms with Crippen LogP contribution < -0.4 is 5.32 Å². The number of urea groups is 1. The molecular formula is C23H31F2N5O2. The van der Waals surface area contributed by atoms with Crippen LogP contribution in [0.4, 0.5) is 19.4 Å². The van der Waals surface area contributed by atoms with Crippen LogP contribution in [0, 0.1) is 17.6 Å². The molecule has 2 heterocycles. The Morgan fingerprint density at radius 3 is 2.28 bits per heavy atom. The van der Waals surface area contributed by atoms with E-state index in [4.69, 9.17) is 0 Å². The molecule has 2 aromatic rings. The molecule has 0 spiro atoms. The molecule has 1 fully saturated rings. The van der Waals surface area contributed by atoms with E-state index in [0.29, 0.717) is 44.0 Å². The first-order chi connectivity index (χ1) is 14.7. The third-order valence-electron chi connectivity index (χ3n) is 5.31. The summed E-state index contributed by atoms with van der Waals surface area (Å²) in [5, 5.41) is 2.69. The monoisotopic (exact) mass is 447 g/mol. The molecule has 1 aliphatic rings. The Kier molecular flexibility index (Phi) is 8.63. The van der Waals surface area contributed by atoms with Gasteiger partial charge in [0.15, 0.2) is 5.82 Å². The SMILES string of the molecule is C.CC(C)CC(=O)N1CCC(N(C)C(=O)Nc2cnc(-c3cc(F)cc(F)c3)cn2)CC1. The fourth-order valence-electron chi connectivity index (χ4n) is 3.59. The van der Waals surface area contributed by atoms with Crippen LogP contribution in [0.1, 0.15) is 40.5 Å². The third kappa shape index (κ3) is 6.45. The quantitative estimate of drug-likeness (QED) is 0.729. The van der Waals surface area contributed by atoms with E-state index in [2.05, 4.69) is 15.3 Å². The number of amides is 3. The summed E-state index contributed by atoms with van der Waals surface area (Å²) in [6.07, 6.45) is 4.66. The summed E-state index contributed by atoms with van der Waals surface area (Å²) in [6, 6.07) is 2.80. The van der Waals surface area contributed by atoms with Gasteiger partial charge in [-0.3, -0.25) is 15.1 Å². The standard InChI is InChI=1S/C22H27F2N5O2.CH4/c1-14(2)8-21(30)29-6-4-18(5-7-29)28(3)22(31)27-20-13-25-19(12-26-20)15-9-16(23)11-17(24)10-15;/h9-14,18H,4-8H2,1-3H3,(H,26,27,31);1H4. The normalized spacial score (nSPS) is 14.1. The minimum Gasteiger partial charge on any atom is -0.343 e. The maximum atomic E-state index is 13.4. The molecule has 0 unspecified atom stereocenters. The maximum absolute atomic E-state index is 13.4. The van der Waals surface area contributed by atoms with Crippen LogP contribution in [-0.4, -0.2) is 57.9 Å². The highest BCUT2D eigenvalue weighted by Crippen LogP contribution is 2.21. The van der Waals surface area contributed by atoms with E-state index in [1.165, 1.54) is 12.4 Å². The molecule has 0 saturated carbocycles. The first-order valence-electron chi connectivity index (χ1n) is 10.3. The fraction of sp³-hybridized carbons (Fsp3) is 0.478. The third-order valence-corrected chi connectivity index (χ3v) is 5.31. The second kappa shape index (κ2) is 11.0. The van der Waals surface area contributed by atoms with Crippen molar-refractivity contribution < 1.29 is 18.4 Å². The molecule has 1 aromatic heterocycles. The first kappa shape index (κ1) is 25.2. The predicted octanol–water partition coefficient (Wildman–Crippen LogP) is 4.56. The molecule has 7 nitrogen and oxygen atoms in total. The Hall–Kier alpha value is -3.10. The van der Waals surface area contributed by atoms with Crippen molar-refractivity contribution >= 4 is 17.8 Å². The van der Waals surface area contributed by atoms with Crippen molar-refractivity contribution in [2.45, 2.75) is 46.6 Å². The van der Waals surface area contributed by atoms with Gasteiger partial charge in [0.05, 0.1) is 18.1 Å². The largest absolute Gasteiger partial charge is 0.343 e. The van der Waals surface area contributed by atoms with Crippen molar-refractivity contribution in [3.63, 3.8) is 0 Å². The van der Waals surface area contributed by atoms with Gasteiger partial charge in [-0.25, -0.2) is 18.6 Å². The van der Waals surface area contributed by atoms with Gasteiger partial charge in [0.25, 0.3) is 0 Å². The van der Waals surface area contributed by atoms with Crippen LogP contribution >= 0.6 is 0 Å². The van der Waals surface area contributed by atoms with E-state index in [9.17, 15) is 18.4 Å². The van der Waals surface area contributed by atoms with E-state index in [1.54, 1.807) is 11.9 Å². The summed E-state index contributed by atoms with van der Waals surface area (Å²) in [4.78, 5) is 36.5. The van der Waals surface area contributed by atoms with Gasteiger partial charge in [-0.2, -0.15) is 0 Å². The van der Waals surface area contributed by atoms with E-state index in [-0.39, 0.29) is 36.8 Å². The Morgan fingerprint density at radius 2 is 1.75 bits per heavy atom. The van der Waals surface area contributed by atoms with Crippen molar-refractivity contribution in [3.05, 3.63) is 42.2 Å². The first-order valence-corrected chi connectivity index (χ1v) is 10.3. The van der Waals surface area contributed by atoms with Gasteiger partial charge in [0, 0.05) is 44.2 Å². The number of piperidine rings is 1. The minimum absolute atomic E-state index is 0. The van der Waals surface area contributed by atoms with Crippen LogP contribution in [0.25, 0.3) is 11.3 Å². The van der Waals surface area contributed by atoms with Gasteiger partial charge in [0.2, 0.25) is 5.91 Å². The number of carbonyl (C=O) groups excluding carboxylic acids is 2. The van der Waals surface area contributed by atoms with E-state index < -0.39 is 11.6 Å². The molecule has 0 radical (unpaired) electrons. The lowest BCUT2D eigenvalue weighted by Crippen LogP contribution is -2.48. The molecule has 1 N–H and O–H groups in total. The number of carbonyl (C=O) groups is 2. The lowest BCUT2D eigenvalue weighted by Gasteiger charge is -2.36. The smallest absolute Gasteiger partial charge is 0.323 e. The summed E-state index contributed by atoms with van der Waals surface area (Å²) < 4.78 is 26.8. The molecule has 1 aliphatic heterocycles. The summed E-state index contributed by atoms with van der Waals surface area (Å²) in [5.41, 5.74) is 0.557. The number of hydrogen-bond acceptors (Lipinski definition) is 4. The summed E-state index contributed by atoms with van der Waals surface area (Å²) in [6.45, 7) is 5.31. The number of anilines is 1. The van der Waals surface area contributed by atoms with Gasteiger partial charge in [-0.1, -0.05) is 21.3 Å². The van der Waals surface area contributed by atoms with E-state index >= 15 is 0 Å². The molecule has 1 aromatic carbocycles. The number of rotatable bonds is 5. The van der Waals surface area contributed by atoms with Crippen LogP contribution in [0.2, 0.25) is 0 Å².